The summed E-state index contributed by atoms with van der Waals surface area (Å²) in [7, 11) is -1.26. The molecule has 182 valence electrons. The van der Waals surface area contributed by atoms with Crippen LogP contribution in [0.25, 0.3) is 0 Å². The van der Waals surface area contributed by atoms with E-state index in [9.17, 15) is 0 Å². The van der Waals surface area contributed by atoms with Crippen molar-refractivity contribution < 1.29 is 9.05 Å². The molecule has 3 aliphatic rings. The van der Waals surface area contributed by atoms with E-state index in [0.29, 0.717) is 6.04 Å². The van der Waals surface area contributed by atoms with Gasteiger partial charge in [-0.3, -0.25) is 0 Å². The number of aryl methyl sites for hydroxylation is 2. The number of nitrogens with zero attached hydrogens (tertiary/aromatic N) is 1. The molecule has 4 heteroatoms. The van der Waals surface area contributed by atoms with E-state index >= 15 is 0 Å². The summed E-state index contributed by atoms with van der Waals surface area (Å²) in [6, 6.07) is 24.9. The van der Waals surface area contributed by atoms with Gasteiger partial charge in [0.2, 0.25) is 0 Å². The zero-order valence-electron chi connectivity index (χ0n) is 21.1. The number of hydrogen-bond acceptors (Lipinski definition) is 3. The summed E-state index contributed by atoms with van der Waals surface area (Å²) in [5, 5.41) is 0. The highest BCUT2D eigenvalue weighted by atomic mass is 31.2. The molecule has 6 rings (SSSR count). The van der Waals surface area contributed by atoms with Gasteiger partial charge in [0.05, 0.1) is 6.10 Å². The van der Waals surface area contributed by atoms with Crippen LogP contribution >= 0.6 is 8.53 Å². The number of hydrogen-bond donors (Lipinski definition) is 0. The molecule has 0 amide bonds. The first-order valence-electron chi connectivity index (χ1n) is 13.3. The van der Waals surface area contributed by atoms with E-state index in [1.165, 1.54) is 52.6 Å². The van der Waals surface area contributed by atoms with Crippen LogP contribution in [0.4, 0.5) is 0 Å². The predicted octanol–water partition coefficient (Wildman–Crippen LogP) is 8.12. The Balaban J connectivity index is 1.47. The average Bonchev–Trinajstić information content (AvgIpc) is 3.06. The predicted molar refractivity (Wildman–Crippen MR) is 144 cm³/mol. The lowest BCUT2D eigenvalue weighted by Crippen LogP contribution is -2.33. The molecule has 2 aliphatic carbocycles. The lowest BCUT2D eigenvalue weighted by molar-refractivity contribution is 0.141. The molecular formula is C31H36NO2P. The molecule has 0 aromatic heterocycles. The molecule has 3 aromatic rings. The summed E-state index contributed by atoms with van der Waals surface area (Å²) in [5.74, 6) is 1.29. The molecule has 0 radical (unpaired) electrons. The van der Waals surface area contributed by atoms with Gasteiger partial charge in [0, 0.05) is 23.6 Å². The number of fused-ring (bicyclic) bond motifs is 7. The summed E-state index contributed by atoms with van der Waals surface area (Å²) in [6.07, 6.45) is 7.13. The van der Waals surface area contributed by atoms with E-state index < -0.39 is 8.53 Å². The maximum Gasteiger partial charge on any atom is 0.322 e. The molecule has 0 saturated carbocycles. The van der Waals surface area contributed by atoms with Gasteiger partial charge < -0.3 is 9.05 Å². The fourth-order valence-corrected chi connectivity index (χ4v) is 8.25. The van der Waals surface area contributed by atoms with Gasteiger partial charge >= 0.3 is 8.53 Å². The molecule has 0 spiro atoms. The fourth-order valence-electron chi connectivity index (χ4n) is 6.43. The maximum atomic E-state index is 7.08. The average molecular weight is 486 g/mol. The van der Waals surface area contributed by atoms with Crippen LogP contribution in [0, 0.1) is 0 Å². The molecule has 0 fully saturated rings. The summed E-state index contributed by atoms with van der Waals surface area (Å²) in [5.41, 5.74) is 8.69. The van der Waals surface area contributed by atoms with Gasteiger partial charge in [-0.15, -0.1) is 0 Å². The minimum absolute atomic E-state index is 0.134. The second-order valence-electron chi connectivity index (χ2n) is 10.6. The van der Waals surface area contributed by atoms with Gasteiger partial charge in [-0.25, -0.2) is 4.67 Å². The van der Waals surface area contributed by atoms with Gasteiger partial charge in [0.1, 0.15) is 5.75 Å². The van der Waals surface area contributed by atoms with E-state index in [4.69, 9.17) is 9.05 Å². The van der Waals surface area contributed by atoms with Gasteiger partial charge in [-0.05, 0) is 93.2 Å². The summed E-state index contributed by atoms with van der Waals surface area (Å²) in [6.45, 7) is 6.82. The Kier molecular flexibility index (Phi) is 6.43. The van der Waals surface area contributed by atoms with Crippen molar-refractivity contribution in [2.75, 3.05) is 0 Å². The third kappa shape index (κ3) is 4.22. The highest BCUT2D eigenvalue weighted by Gasteiger charge is 2.44. The van der Waals surface area contributed by atoms with Crippen molar-refractivity contribution in [3.8, 4) is 5.75 Å². The van der Waals surface area contributed by atoms with E-state index in [0.717, 1.165) is 25.0 Å². The molecule has 0 bridgehead atoms. The van der Waals surface area contributed by atoms with E-state index in [1.807, 2.05) is 0 Å². The van der Waals surface area contributed by atoms with Gasteiger partial charge in [-0.1, -0.05) is 60.7 Å². The van der Waals surface area contributed by atoms with Gasteiger partial charge in [-0.2, -0.15) is 0 Å². The maximum absolute atomic E-state index is 7.08. The molecule has 3 aromatic carbocycles. The molecule has 1 heterocycles. The second-order valence-corrected chi connectivity index (χ2v) is 11.9. The zero-order valence-corrected chi connectivity index (χ0v) is 22.0. The Hall–Kier alpha value is -2.19. The van der Waals surface area contributed by atoms with Crippen molar-refractivity contribution in [1.82, 2.24) is 4.67 Å². The lowest BCUT2D eigenvalue weighted by atomic mass is 9.73. The third-order valence-electron chi connectivity index (χ3n) is 8.11. The van der Waals surface area contributed by atoms with Gasteiger partial charge in [0.15, 0.2) is 0 Å². The first-order valence-corrected chi connectivity index (χ1v) is 14.5. The monoisotopic (exact) mass is 485 g/mol. The summed E-state index contributed by atoms with van der Waals surface area (Å²) < 4.78 is 16.5. The first kappa shape index (κ1) is 23.2. The van der Waals surface area contributed by atoms with Crippen LogP contribution in [-0.2, 0) is 23.8 Å². The fraction of sp³-hybridized carbons (Fsp3) is 0.419. The van der Waals surface area contributed by atoms with Crippen LogP contribution < -0.4 is 4.52 Å². The van der Waals surface area contributed by atoms with Crippen molar-refractivity contribution in [2.45, 2.75) is 83.4 Å². The lowest BCUT2D eigenvalue weighted by Gasteiger charge is -2.39. The van der Waals surface area contributed by atoms with Crippen molar-refractivity contribution in [3.63, 3.8) is 0 Å². The SMILES string of the molecule is CC(C)N([C@@H](C)c1ccccc1)P1Oc2ccc3c(c2[C@@H]2c4ccccc4CCC2O1)CCCC3. The quantitative estimate of drug-likeness (QED) is 0.348. The molecule has 35 heavy (non-hydrogen) atoms. The number of rotatable bonds is 4. The van der Waals surface area contributed by atoms with Crippen LogP contribution in [0.15, 0.2) is 66.7 Å². The Labute approximate surface area is 211 Å². The van der Waals surface area contributed by atoms with Crippen molar-refractivity contribution >= 4 is 8.53 Å². The standard InChI is InChI=1S/C31H36NO2P/c1-21(2)32(22(3)23-11-5-4-6-12-23)35-33-28-19-17-24-13-7-9-15-26(24)30(28)31-27-16-10-8-14-25(27)18-20-29(31)34-35/h4-7,9,11-13,15,18,20-22,28,30H,8,10,14,16-17,19H2,1-3H3/t22-,28?,30+,35?/m0/s1. The topological polar surface area (TPSA) is 21.7 Å². The number of benzene rings is 3. The minimum atomic E-state index is -1.26. The molecule has 2 unspecified atom stereocenters. The molecule has 0 saturated heterocycles. The third-order valence-corrected chi connectivity index (χ3v) is 10.1. The van der Waals surface area contributed by atoms with Crippen LogP contribution in [-0.4, -0.2) is 16.8 Å². The largest absolute Gasteiger partial charge is 0.435 e. The first-order chi connectivity index (χ1) is 17.1. The summed E-state index contributed by atoms with van der Waals surface area (Å²) >= 11 is 0. The normalized spacial score (nSPS) is 24.0. The van der Waals surface area contributed by atoms with Crippen molar-refractivity contribution in [3.05, 3.63) is 100 Å². The molecular weight excluding hydrogens is 449 g/mol. The second kappa shape index (κ2) is 9.69. The Bertz CT molecular complexity index is 1190. The Morgan fingerprint density at radius 2 is 1.60 bits per heavy atom. The van der Waals surface area contributed by atoms with Crippen LogP contribution in [0.3, 0.4) is 0 Å². The van der Waals surface area contributed by atoms with E-state index in [-0.39, 0.29) is 18.1 Å². The molecule has 3 nitrogen and oxygen atoms in total. The van der Waals surface area contributed by atoms with Crippen molar-refractivity contribution in [2.24, 2.45) is 0 Å². The van der Waals surface area contributed by atoms with Crippen LogP contribution in [0.1, 0.15) is 85.4 Å². The van der Waals surface area contributed by atoms with E-state index in [2.05, 4.69) is 92.2 Å². The van der Waals surface area contributed by atoms with Crippen molar-refractivity contribution in [1.29, 1.82) is 0 Å². The van der Waals surface area contributed by atoms with E-state index in [1.54, 1.807) is 0 Å². The smallest absolute Gasteiger partial charge is 0.322 e. The molecule has 4 atom stereocenters. The van der Waals surface area contributed by atoms with Crippen LogP contribution in [0.2, 0.25) is 0 Å². The van der Waals surface area contributed by atoms with Gasteiger partial charge in [0.25, 0.3) is 0 Å². The highest BCUT2D eigenvalue weighted by Crippen LogP contribution is 2.59. The highest BCUT2D eigenvalue weighted by molar-refractivity contribution is 7.45. The Morgan fingerprint density at radius 1 is 0.829 bits per heavy atom. The zero-order chi connectivity index (χ0) is 23.9. The minimum Gasteiger partial charge on any atom is -0.435 e. The molecule has 0 N–H and O–H groups in total. The molecule has 1 aliphatic heterocycles. The Morgan fingerprint density at radius 3 is 2.43 bits per heavy atom. The summed E-state index contributed by atoms with van der Waals surface area (Å²) in [4.78, 5) is 0. The van der Waals surface area contributed by atoms with Crippen LogP contribution in [0.5, 0.6) is 5.75 Å².